The Morgan fingerprint density at radius 1 is 1.73 bits per heavy atom. The summed E-state index contributed by atoms with van der Waals surface area (Å²) in [6, 6.07) is 0.510. The van der Waals surface area contributed by atoms with Crippen LogP contribution in [0.2, 0.25) is 0 Å². The van der Waals surface area contributed by atoms with Gasteiger partial charge in [-0.15, -0.1) is 0 Å². The number of aromatic nitrogens is 2. The minimum atomic E-state index is 0.510. The third kappa shape index (κ3) is 1.60. The lowest BCUT2D eigenvalue weighted by Crippen LogP contribution is -2.11. The Morgan fingerprint density at radius 2 is 2.45 bits per heavy atom. The maximum absolute atomic E-state index is 5.50. The highest BCUT2D eigenvalue weighted by atomic mass is 15.1. The van der Waals surface area contributed by atoms with Crippen molar-refractivity contribution in [3.63, 3.8) is 0 Å². The summed E-state index contributed by atoms with van der Waals surface area (Å²) in [6.07, 6.45) is 4.90. The maximum atomic E-state index is 5.50. The fraction of sp³-hybridized carbons (Fsp3) is 0.625. The molecule has 0 saturated heterocycles. The largest absolute Gasteiger partial charge is 0.331 e. The van der Waals surface area contributed by atoms with E-state index in [-0.39, 0.29) is 0 Å². The standard InChI is InChI=1S/C8H15N3/c1-3-7(2)11-5-4-10-8(11)6-9/h4-5,7H,3,6,9H2,1-2H3. The average molecular weight is 153 g/mol. The lowest BCUT2D eigenvalue weighted by atomic mass is 10.2. The third-order valence-corrected chi connectivity index (χ3v) is 2.00. The van der Waals surface area contributed by atoms with Gasteiger partial charge in [-0.3, -0.25) is 0 Å². The van der Waals surface area contributed by atoms with Crippen LogP contribution in [0, 0.1) is 0 Å². The van der Waals surface area contributed by atoms with Gasteiger partial charge in [0.1, 0.15) is 5.82 Å². The zero-order chi connectivity index (χ0) is 8.27. The van der Waals surface area contributed by atoms with E-state index >= 15 is 0 Å². The molecule has 1 heterocycles. The van der Waals surface area contributed by atoms with Gasteiger partial charge in [-0.2, -0.15) is 0 Å². The smallest absolute Gasteiger partial charge is 0.122 e. The Labute approximate surface area is 67.2 Å². The highest BCUT2D eigenvalue weighted by Gasteiger charge is 2.05. The van der Waals surface area contributed by atoms with Crippen molar-refractivity contribution in [1.29, 1.82) is 0 Å². The first-order valence-corrected chi connectivity index (χ1v) is 4.01. The average Bonchev–Trinajstić information content (AvgIpc) is 2.50. The van der Waals surface area contributed by atoms with E-state index in [1.807, 2.05) is 6.20 Å². The van der Waals surface area contributed by atoms with Crippen LogP contribution < -0.4 is 5.73 Å². The first kappa shape index (κ1) is 8.27. The van der Waals surface area contributed by atoms with Crippen LogP contribution in [0.1, 0.15) is 32.1 Å². The number of nitrogens with two attached hydrogens (primary N) is 1. The molecule has 62 valence electrons. The molecule has 0 aliphatic rings. The van der Waals surface area contributed by atoms with Gasteiger partial charge >= 0.3 is 0 Å². The highest BCUT2D eigenvalue weighted by Crippen LogP contribution is 2.11. The maximum Gasteiger partial charge on any atom is 0.122 e. The fourth-order valence-electron chi connectivity index (χ4n) is 1.10. The Bertz CT molecular complexity index is 217. The van der Waals surface area contributed by atoms with E-state index in [9.17, 15) is 0 Å². The van der Waals surface area contributed by atoms with Gasteiger partial charge in [0.25, 0.3) is 0 Å². The zero-order valence-corrected chi connectivity index (χ0v) is 7.12. The molecule has 0 aromatic carbocycles. The van der Waals surface area contributed by atoms with Crippen LogP contribution in [-0.4, -0.2) is 9.55 Å². The normalized spacial score (nSPS) is 13.4. The van der Waals surface area contributed by atoms with Crippen molar-refractivity contribution in [2.24, 2.45) is 5.73 Å². The van der Waals surface area contributed by atoms with E-state index in [4.69, 9.17) is 5.73 Å². The Morgan fingerprint density at radius 3 is 3.00 bits per heavy atom. The summed E-state index contributed by atoms with van der Waals surface area (Å²) in [5.41, 5.74) is 5.50. The van der Waals surface area contributed by atoms with Crippen LogP contribution in [0.4, 0.5) is 0 Å². The molecule has 1 aromatic rings. The Balaban J connectivity index is 2.83. The molecule has 1 aromatic heterocycles. The van der Waals surface area contributed by atoms with E-state index in [2.05, 4.69) is 23.4 Å². The molecule has 1 atom stereocenters. The first-order chi connectivity index (χ1) is 5.29. The number of rotatable bonds is 3. The van der Waals surface area contributed by atoms with E-state index in [0.717, 1.165) is 12.2 Å². The van der Waals surface area contributed by atoms with Gasteiger partial charge in [0, 0.05) is 18.4 Å². The van der Waals surface area contributed by atoms with Crippen LogP contribution in [0.5, 0.6) is 0 Å². The van der Waals surface area contributed by atoms with Gasteiger partial charge in [-0.25, -0.2) is 4.98 Å². The second-order valence-corrected chi connectivity index (χ2v) is 2.71. The molecule has 0 saturated carbocycles. The molecule has 11 heavy (non-hydrogen) atoms. The van der Waals surface area contributed by atoms with Gasteiger partial charge in [0.05, 0.1) is 6.54 Å². The lowest BCUT2D eigenvalue weighted by Gasteiger charge is -2.12. The summed E-state index contributed by atoms with van der Waals surface area (Å²) >= 11 is 0. The number of nitrogens with zero attached hydrogens (tertiary/aromatic N) is 2. The summed E-state index contributed by atoms with van der Waals surface area (Å²) < 4.78 is 2.12. The molecule has 3 heteroatoms. The van der Waals surface area contributed by atoms with E-state index in [1.54, 1.807) is 6.20 Å². The van der Waals surface area contributed by atoms with Crippen molar-refractivity contribution in [2.45, 2.75) is 32.9 Å². The molecular weight excluding hydrogens is 138 g/mol. The van der Waals surface area contributed by atoms with E-state index < -0.39 is 0 Å². The molecule has 0 spiro atoms. The summed E-state index contributed by atoms with van der Waals surface area (Å²) in [5, 5.41) is 0. The van der Waals surface area contributed by atoms with Crippen molar-refractivity contribution in [1.82, 2.24) is 9.55 Å². The molecule has 2 N–H and O–H groups in total. The molecule has 0 amide bonds. The Hall–Kier alpha value is -0.830. The van der Waals surface area contributed by atoms with E-state index in [0.29, 0.717) is 12.6 Å². The van der Waals surface area contributed by atoms with Crippen molar-refractivity contribution < 1.29 is 0 Å². The molecule has 0 bridgehead atoms. The first-order valence-electron chi connectivity index (χ1n) is 4.01. The zero-order valence-electron chi connectivity index (χ0n) is 7.12. The molecule has 1 unspecified atom stereocenters. The number of hydrogen-bond donors (Lipinski definition) is 1. The van der Waals surface area contributed by atoms with Crippen LogP contribution in [-0.2, 0) is 6.54 Å². The molecule has 1 rings (SSSR count). The molecule has 0 aliphatic carbocycles. The monoisotopic (exact) mass is 153 g/mol. The van der Waals surface area contributed by atoms with Gasteiger partial charge in [-0.05, 0) is 13.3 Å². The van der Waals surface area contributed by atoms with Crippen LogP contribution in [0.15, 0.2) is 12.4 Å². The van der Waals surface area contributed by atoms with Gasteiger partial charge in [0.2, 0.25) is 0 Å². The van der Waals surface area contributed by atoms with Gasteiger partial charge in [-0.1, -0.05) is 6.92 Å². The number of imidazole rings is 1. The van der Waals surface area contributed by atoms with Crippen molar-refractivity contribution >= 4 is 0 Å². The second kappa shape index (κ2) is 3.53. The molecule has 0 fully saturated rings. The van der Waals surface area contributed by atoms with Crippen molar-refractivity contribution in [3.05, 3.63) is 18.2 Å². The molecule has 3 nitrogen and oxygen atoms in total. The third-order valence-electron chi connectivity index (χ3n) is 2.00. The second-order valence-electron chi connectivity index (χ2n) is 2.71. The van der Waals surface area contributed by atoms with E-state index in [1.165, 1.54) is 0 Å². The van der Waals surface area contributed by atoms with Crippen LogP contribution in [0.25, 0.3) is 0 Å². The lowest BCUT2D eigenvalue weighted by molar-refractivity contribution is 0.509. The summed E-state index contributed by atoms with van der Waals surface area (Å²) in [5.74, 6) is 0.972. The number of hydrogen-bond acceptors (Lipinski definition) is 2. The molecular formula is C8H15N3. The Kier molecular flexibility index (Phi) is 2.65. The molecule has 0 radical (unpaired) electrons. The predicted octanol–water partition coefficient (Wildman–Crippen LogP) is 1.31. The van der Waals surface area contributed by atoms with Crippen LogP contribution in [0.3, 0.4) is 0 Å². The fourth-order valence-corrected chi connectivity index (χ4v) is 1.10. The molecule has 0 aliphatic heterocycles. The van der Waals surface area contributed by atoms with Gasteiger partial charge < -0.3 is 10.3 Å². The minimum absolute atomic E-state index is 0.510. The van der Waals surface area contributed by atoms with Crippen molar-refractivity contribution in [2.75, 3.05) is 0 Å². The summed E-state index contributed by atoms with van der Waals surface area (Å²) in [6.45, 7) is 4.85. The van der Waals surface area contributed by atoms with Crippen LogP contribution >= 0.6 is 0 Å². The summed E-state index contributed by atoms with van der Waals surface area (Å²) in [7, 11) is 0. The highest BCUT2D eigenvalue weighted by molar-refractivity contribution is 4.93. The quantitative estimate of drug-likeness (QED) is 0.711. The van der Waals surface area contributed by atoms with Gasteiger partial charge in [0.15, 0.2) is 0 Å². The SMILES string of the molecule is CCC(C)n1ccnc1CN. The minimum Gasteiger partial charge on any atom is -0.331 e. The topological polar surface area (TPSA) is 43.8 Å². The predicted molar refractivity (Wildman–Crippen MR) is 45.1 cm³/mol. The summed E-state index contributed by atoms with van der Waals surface area (Å²) in [4.78, 5) is 4.14. The van der Waals surface area contributed by atoms with Crippen molar-refractivity contribution in [3.8, 4) is 0 Å².